The minimum absolute atomic E-state index is 0.0985. The molecule has 4 nitrogen and oxygen atoms in total. The first-order valence-electron chi connectivity index (χ1n) is 11.9. The van der Waals surface area contributed by atoms with E-state index in [4.69, 9.17) is 10.2 Å². The topological polar surface area (TPSA) is 74.6 Å². The molecule has 0 heterocycles. The minimum atomic E-state index is -1.04. The van der Waals surface area contributed by atoms with Gasteiger partial charge in [0.05, 0.1) is 11.1 Å². The molecule has 6 rings (SSSR count). The summed E-state index contributed by atoms with van der Waals surface area (Å²) >= 11 is 1.75. The van der Waals surface area contributed by atoms with Gasteiger partial charge in [-0.3, -0.25) is 0 Å². The van der Waals surface area contributed by atoms with Gasteiger partial charge in [-0.25, -0.2) is 18.4 Å². The maximum Gasteiger partial charge on any atom is -0.0809 e. The Morgan fingerprint density at radius 1 is 0.550 bits per heavy atom. The van der Waals surface area contributed by atoms with Gasteiger partial charge >= 0.3 is 36.7 Å². The third kappa shape index (κ3) is 10.7. The molecule has 7 heteroatoms. The summed E-state index contributed by atoms with van der Waals surface area (Å²) in [5, 5.41) is 22.0. The van der Waals surface area contributed by atoms with Crippen LogP contribution in [0.1, 0.15) is 20.7 Å². The molecule has 0 spiro atoms. The number of hydrogen-bond acceptors (Lipinski definition) is 2. The van der Waals surface area contributed by atoms with Crippen molar-refractivity contribution in [2.24, 2.45) is 0 Å². The Hall–Kier alpha value is -4.52. The second-order valence-electron chi connectivity index (χ2n) is 7.93. The van der Waals surface area contributed by atoms with Crippen LogP contribution in [0.2, 0.25) is 0 Å². The first kappa shape index (κ1) is 31.7. The monoisotopic (exact) mass is 572 g/mol. The van der Waals surface area contributed by atoms with E-state index in [0.29, 0.717) is 0 Å². The fourth-order valence-corrected chi connectivity index (χ4v) is 3.32. The molecule has 40 heavy (non-hydrogen) atoms. The van der Waals surface area contributed by atoms with Gasteiger partial charge in [0.2, 0.25) is 0 Å². The Balaban J connectivity index is 0.000000183. The molecule has 6 aromatic carbocycles. The number of hydrogen-bond donors (Lipinski definition) is 2. The Morgan fingerprint density at radius 2 is 0.875 bits per heavy atom. The van der Waals surface area contributed by atoms with Gasteiger partial charge in [0, 0.05) is 0 Å². The largest absolute Gasteiger partial charge is 0.168 e. The van der Waals surface area contributed by atoms with Crippen LogP contribution in [-0.4, -0.2) is 27.0 Å². The molecular formula is C33H26F2O4Ti. The Morgan fingerprint density at radius 3 is 1.18 bits per heavy atom. The zero-order chi connectivity index (χ0) is 29.3. The molecule has 200 valence electrons. The Kier molecular flexibility index (Phi) is 13.6. The van der Waals surface area contributed by atoms with E-state index in [2.05, 4.69) is 89.7 Å². The second kappa shape index (κ2) is 17.1. The summed E-state index contributed by atoms with van der Waals surface area (Å²) < 4.78 is 24.3. The minimum Gasteiger partial charge on any atom is -0.168 e. The summed E-state index contributed by atoms with van der Waals surface area (Å²) in [4.78, 5) is 23.6. The zero-order valence-electron chi connectivity index (χ0n) is 21.4. The summed E-state index contributed by atoms with van der Waals surface area (Å²) in [5.74, 6) is -2.94. The van der Waals surface area contributed by atoms with Crippen LogP contribution in [0.4, 0.5) is 8.78 Å². The quantitative estimate of drug-likeness (QED) is 0.162. The molecule has 0 fully saturated rings. The Labute approximate surface area is 242 Å². The van der Waals surface area contributed by atoms with Crippen molar-refractivity contribution < 1.29 is 48.6 Å². The average molecular weight is 572 g/mol. The maximum atomic E-state index is 12.2. The molecule has 2 N–H and O–H groups in total. The van der Waals surface area contributed by atoms with Crippen LogP contribution < -0.4 is 0 Å². The van der Waals surface area contributed by atoms with Gasteiger partial charge in [-0.1, -0.05) is 12.1 Å². The van der Waals surface area contributed by atoms with Crippen molar-refractivity contribution in [1.29, 1.82) is 0 Å². The van der Waals surface area contributed by atoms with E-state index in [1.165, 1.54) is 45.8 Å². The smallest absolute Gasteiger partial charge is 0.0809 e. The molecule has 0 atom stereocenters. The molecule has 0 aliphatic carbocycles. The van der Waals surface area contributed by atoms with Crippen molar-refractivity contribution in [3.8, 4) is 0 Å². The van der Waals surface area contributed by atoms with Crippen LogP contribution in [0, 0.1) is 11.6 Å². The van der Waals surface area contributed by atoms with Crippen LogP contribution in [0.25, 0.3) is 21.5 Å². The van der Waals surface area contributed by atoms with Gasteiger partial charge in [-0.2, -0.15) is 35.0 Å². The first-order chi connectivity index (χ1) is 19.3. The predicted octanol–water partition coefficient (Wildman–Crippen LogP) is 8.13. The van der Waals surface area contributed by atoms with Crippen molar-refractivity contribution in [3.63, 3.8) is 0 Å². The number of carbonyl (C=O) groups is 2. The van der Waals surface area contributed by atoms with E-state index in [1.807, 2.05) is 0 Å². The number of benzene rings is 4. The number of halogens is 2. The molecule has 0 saturated carbocycles. The third-order valence-corrected chi connectivity index (χ3v) is 5.28. The number of carboxylic acids is 2. The van der Waals surface area contributed by atoms with Gasteiger partial charge in [0.1, 0.15) is 11.6 Å². The van der Waals surface area contributed by atoms with E-state index in [9.17, 15) is 18.4 Å². The summed E-state index contributed by atoms with van der Waals surface area (Å²) in [6, 6.07) is 38.7. The second-order valence-corrected chi connectivity index (χ2v) is 7.93. The average Bonchev–Trinajstić information content (AvgIpc) is 3.66. The van der Waals surface area contributed by atoms with Crippen molar-refractivity contribution in [3.05, 3.63) is 156 Å². The van der Waals surface area contributed by atoms with Gasteiger partial charge in [0.15, 0.2) is 0 Å². The summed E-state index contributed by atoms with van der Waals surface area (Å²) in [6.45, 7) is 0. The van der Waals surface area contributed by atoms with Crippen molar-refractivity contribution in [1.82, 2.24) is 0 Å². The van der Waals surface area contributed by atoms with E-state index in [1.54, 1.807) is 20.0 Å². The number of aromatic carboxylic acids is 2. The van der Waals surface area contributed by atoms with E-state index in [0.717, 1.165) is 24.3 Å². The molecule has 0 unspecified atom stereocenters. The summed E-state index contributed by atoms with van der Waals surface area (Å²) in [6.07, 6.45) is 0. The Bertz CT molecular complexity index is 1420. The van der Waals surface area contributed by atoms with Crippen LogP contribution in [0.5, 0.6) is 0 Å². The van der Waals surface area contributed by atoms with Crippen molar-refractivity contribution >= 4 is 38.3 Å². The van der Waals surface area contributed by atoms with Crippen molar-refractivity contribution in [2.45, 2.75) is 0 Å². The molecular weight excluding hydrogens is 546 g/mol. The predicted molar refractivity (Wildman–Crippen MR) is 153 cm³/mol. The van der Waals surface area contributed by atoms with Gasteiger partial charge in [-0.05, 0) is 48.5 Å². The normalized spacial score (nSPS) is 9.40. The summed E-state index contributed by atoms with van der Waals surface area (Å²) in [5.41, 5.74) is 0.197. The van der Waals surface area contributed by atoms with Crippen molar-refractivity contribution in [2.75, 3.05) is 0 Å². The molecule has 0 saturated heterocycles. The van der Waals surface area contributed by atoms with Crippen LogP contribution in [0.15, 0.2) is 133 Å². The fourth-order valence-electron chi connectivity index (χ4n) is 3.32. The van der Waals surface area contributed by atoms with Crippen LogP contribution in [0.3, 0.4) is 0 Å². The molecule has 0 aliphatic heterocycles. The van der Waals surface area contributed by atoms with E-state index >= 15 is 0 Å². The molecule has 0 amide bonds. The van der Waals surface area contributed by atoms with Gasteiger partial charge in [-0.15, -0.1) is 59.3 Å². The number of carboxylic acid groups (broad SMARTS) is 2. The molecule has 6 aromatic rings. The number of rotatable bonds is 2. The summed E-state index contributed by atoms with van der Waals surface area (Å²) in [7, 11) is 0. The zero-order valence-corrected chi connectivity index (χ0v) is 22.9. The standard InChI is InChI=1S/2C9H7.2C7H5FO2.CH2.Ti/c2*1-2-5-9-7-3-6-8(9)4-1;2*8-6-3-1-5(2-4-6)7(9)10;;/h2*1-7H;2*1-4H,(H,9,10);1H2;/q2*-1;;;;+2. The first-order valence-corrected chi connectivity index (χ1v) is 13.0. The third-order valence-electron chi connectivity index (χ3n) is 5.28. The van der Waals surface area contributed by atoms with E-state index < -0.39 is 23.6 Å². The molecule has 0 aliphatic rings. The van der Waals surface area contributed by atoms with E-state index in [-0.39, 0.29) is 11.1 Å². The SMILES string of the molecule is O=C(O)c1ccc(F)cc1.O=C(O)c1ccc(F)cc1.[CH2]=[Ti+2].c1ccc2[cH-]ccc2c1.c1ccc2[cH-]ccc2c1. The van der Waals surface area contributed by atoms with Crippen LogP contribution in [-0.2, 0) is 20.0 Å². The molecule has 0 radical (unpaired) electrons. The number of fused-ring (bicyclic) bond motifs is 2. The molecule has 0 aromatic heterocycles. The maximum absolute atomic E-state index is 12.2. The fraction of sp³-hybridized carbons (Fsp3) is 0. The van der Waals surface area contributed by atoms with Gasteiger partial charge in [0.25, 0.3) is 0 Å². The molecule has 0 bridgehead atoms. The van der Waals surface area contributed by atoms with Gasteiger partial charge < -0.3 is 10.2 Å². The van der Waals surface area contributed by atoms with Crippen LogP contribution >= 0.6 is 0 Å².